The molecule has 0 aromatic heterocycles. The van der Waals surface area contributed by atoms with Crippen LogP contribution >= 0.6 is 0 Å². The molecule has 0 aliphatic carbocycles. The van der Waals surface area contributed by atoms with E-state index in [9.17, 15) is 5.11 Å². The van der Waals surface area contributed by atoms with Crippen LogP contribution in [0, 0.1) is 5.92 Å². The summed E-state index contributed by atoms with van der Waals surface area (Å²) in [4.78, 5) is 0. The molecule has 0 aromatic rings. The molecule has 2 atom stereocenters. The molecular weight excluding hydrogens is 164 g/mol. The smallest absolute Gasteiger partial charge is 0.0590 e. The van der Waals surface area contributed by atoms with Gasteiger partial charge in [-0.3, -0.25) is 0 Å². The third kappa shape index (κ3) is 6.05. The summed E-state index contributed by atoms with van der Waals surface area (Å²) in [6, 6.07) is 0. The minimum atomic E-state index is -0.295. The van der Waals surface area contributed by atoms with Crippen molar-refractivity contribution in [2.24, 2.45) is 5.92 Å². The van der Waals surface area contributed by atoms with Gasteiger partial charge in [0.1, 0.15) is 0 Å². The molecule has 13 heavy (non-hydrogen) atoms. The lowest BCUT2D eigenvalue weighted by molar-refractivity contribution is 0.0535. The predicted molar refractivity (Wildman–Crippen MR) is 55.6 cm³/mol. The summed E-state index contributed by atoms with van der Waals surface area (Å²) in [5.74, 6) is 0.103. The van der Waals surface area contributed by atoms with Gasteiger partial charge in [-0.1, -0.05) is 39.5 Å². The second-order valence-corrected chi connectivity index (χ2v) is 3.79. The molecule has 0 spiro atoms. The van der Waals surface area contributed by atoms with Gasteiger partial charge in [-0.25, -0.2) is 0 Å². The molecule has 0 aromatic carbocycles. The van der Waals surface area contributed by atoms with Crippen molar-refractivity contribution in [1.29, 1.82) is 0 Å². The second kappa shape index (κ2) is 8.52. The zero-order chi connectivity index (χ0) is 10.1. The van der Waals surface area contributed by atoms with E-state index in [1.54, 1.807) is 0 Å². The number of aliphatic hydroxyl groups excluding tert-OH is 2. The Morgan fingerprint density at radius 3 is 2.00 bits per heavy atom. The van der Waals surface area contributed by atoms with Gasteiger partial charge in [0, 0.05) is 12.5 Å². The average molecular weight is 188 g/mol. The van der Waals surface area contributed by atoms with Gasteiger partial charge in [-0.15, -0.1) is 0 Å². The van der Waals surface area contributed by atoms with Gasteiger partial charge >= 0.3 is 0 Å². The molecule has 0 radical (unpaired) electrons. The highest BCUT2D eigenvalue weighted by Gasteiger charge is 2.16. The fourth-order valence-corrected chi connectivity index (χ4v) is 1.52. The van der Waals surface area contributed by atoms with E-state index in [2.05, 4.69) is 13.8 Å². The van der Waals surface area contributed by atoms with Crippen LogP contribution in [0.3, 0.4) is 0 Å². The first-order valence-electron chi connectivity index (χ1n) is 5.55. The van der Waals surface area contributed by atoms with Crippen LogP contribution in [0.25, 0.3) is 0 Å². The minimum Gasteiger partial charge on any atom is -0.396 e. The van der Waals surface area contributed by atoms with Crippen LogP contribution in [0.15, 0.2) is 0 Å². The average Bonchev–Trinajstić information content (AvgIpc) is 2.16. The van der Waals surface area contributed by atoms with E-state index in [-0.39, 0.29) is 18.6 Å². The van der Waals surface area contributed by atoms with E-state index in [1.165, 1.54) is 0 Å². The summed E-state index contributed by atoms with van der Waals surface area (Å²) >= 11 is 0. The second-order valence-electron chi connectivity index (χ2n) is 3.79. The Morgan fingerprint density at radius 1 is 1.00 bits per heavy atom. The molecule has 2 unspecified atom stereocenters. The van der Waals surface area contributed by atoms with E-state index in [4.69, 9.17) is 5.11 Å². The van der Waals surface area contributed by atoms with Crippen molar-refractivity contribution < 1.29 is 10.2 Å². The van der Waals surface area contributed by atoms with Gasteiger partial charge in [-0.2, -0.15) is 0 Å². The number of hydrogen-bond donors (Lipinski definition) is 2. The summed E-state index contributed by atoms with van der Waals surface area (Å²) in [5, 5.41) is 18.8. The molecule has 0 amide bonds. The van der Waals surface area contributed by atoms with Gasteiger partial charge in [0.25, 0.3) is 0 Å². The molecule has 0 rings (SSSR count). The Balaban J connectivity index is 3.63. The largest absolute Gasteiger partial charge is 0.396 e. The highest BCUT2D eigenvalue weighted by molar-refractivity contribution is 4.67. The quantitative estimate of drug-likeness (QED) is 0.614. The minimum absolute atomic E-state index is 0.103. The fourth-order valence-electron chi connectivity index (χ4n) is 1.52. The standard InChI is InChI=1S/C11H24O2/c1-3-5-7-10(9-12)11(13)8-6-4-2/h10-13H,3-9H2,1-2H3. The molecule has 80 valence electrons. The van der Waals surface area contributed by atoms with Gasteiger partial charge in [0.2, 0.25) is 0 Å². The van der Waals surface area contributed by atoms with Crippen molar-refractivity contribution in [3.8, 4) is 0 Å². The van der Waals surface area contributed by atoms with Crippen LogP contribution in [0.2, 0.25) is 0 Å². The SMILES string of the molecule is CCCCC(O)C(CO)CCCC. The number of unbranched alkanes of at least 4 members (excludes halogenated alkanes) is 2. The highest BCUT2D eigenvalue weighted by Crippen LogP contribution is 2.16. The highest BCUT2D eigenvalue weighted by atomic mass is 16.3. The van der Waals surface area contributed by atoms with Crippen molar-refractivity contribution in [3.63, 3.8) is 0 Å². The topological polar surface area (TPSA) is 40.5 Å². The summed E-state index contributed by atoms with van der Waals surface area (Å²) in [7, 11) is 0. The molecule has 0 aliphatic rings. The van der Waals surface area contributed by atoms with Crippen molar-refractivity contribution in [2.45, 2.75) is 58.5 Å². The maximum Gasteiger partial charge on any atom is 0.0590 e. The third-order valence-corrected chi connectivity index (χ3v) is 2.56. The van der Waals surface area contributed by atoms with E-state index >= 15 is 0 Å². The van der Waals surface area contributed by atoms with Crippen LogP contribution in [0.4, 0.5) is 0 Å². The molecule has 2 N–H and O–H groups in total. The first-order chi connectivity index (χ1) is 6.26. The summed E-state index contributed by atoms with van der Waals surface area (Å²) < 4.78 is 0. The lowest BCUT2D eigenvalue weighted by Crippen LogP contribution is -2.23. The Hall–Kier alpha value is -0.0800. The Kier molecular flexibility index (Phi) is 8.46. The van der Waals surface area contributed by atoms with Crippen LogP contribution in [-0.2, 0) is 0 Å². The maximum atomic E-state index is 9.71. The van der Waals surface area contributed by atoms with Gasteiger partial charge in [-0.05, 0) is 12.8 Å². The molecule has 2 heteroatoms. The first-order valence-corrected chi connectivity index (χ1v) is 5.55. The summed E-state index contributed by atoms with van der Waals surface area (Å²) in [6.07, 6.45) is 5.91. The molecule has 0 bridgehead atoms. The van der Waals surface area contributed by atoms with Crippen LogP contribution in [0.1, 0.15) is 52.4 Å². The lowest BCUT2D eigenvalue weighted by Gasteiger charge is -2.20. The van der Waals surface area contributed by atoms with E-state index in [1.807, 2.05) is 0 Å². The first kappa shape index (κ1) is 12.9. The van der Waals surface area contributed by atoms with E-state index in [0.29, 0.717) is 0 Å². The fraction of sp³-hybridized carbons (Fsp3) is 1.00. The third-order valence-electron chi connectivity index (χ3n) is 2.56. The predicted octanol–water partition coefficient (Wildman–Crippen LogP) is 2.34. The Morgan fingerprint density at radius 2 is 1.54 bits per heavy atom. The van der Waals surface area contributed by atoms with Crippen molar-refractivity contribution in [3.05, 3.63) is 0 Å². The van der Waals surface area contributed by atoms with Gasteiger partial charge in [0.05, 0.1) is 6.10 Å². The van der Waals surface area contributed by atoms with E-state index < -0.39 is 0 Å². The van der Waals surface area contributed by atoms with Crippen LogP contribution < -0.4 is 0 Å². The molecule has 0 saturated heterocycles. The summed E-state index contributed by atoms with van der Waals surface area (Å²) in [6.45, 7) is 4.38. The van der Waals surface area contributed by atoms with Crippen LogP contribution in [-0.4, -0.2) is 22.9 Å². The Bertz CT molecular complexity index is 104. The molecule has 0 heterocycles. The monoisotopic (exact) mass is 188 g/mol. The zero-order valence-corrected chi connectivity index (χ0v) is 9.00. The van der Waals surface area contributed by atoms with Gasteiger partial charge < -0.3 is 10.2 Å². The molecule has 0 fully saturated rings. The van der Waals surface area contributed by atoms with Crippen molar-refractivity contribution in [1.82, 2.24) is 0 Å². The van der Waals surface area contributed by atoms with Crippen molar-refractivity contribution >= 4 is 0 Å². The summed E-state index contributed by atoms with van der Waals surface area (Å²) in [5.41, 5.74) is 0. The van der Waals surface area contributed by atoms with E-state index in [0.717, 1.165) is 38.5 Å². The van der Waals surface area contributed by atoms with Crippen molar-refractivity contribution in [2.75, 3.05) is 6.61 Å². The molecule has 0 saturated carbocycles. The molecule has 0 aliphatic heterocycles. The zero-order valence-electron chi connectivity index (χ0n) is 9.00. The van der Waals surface area contributed by atoms with Crippen LogP contribution in [0.5, 0.6) is 0 Å². The number of aliphatic hydroxyl groups is 2. The normalized spacial score (nSPS) is 15.7. The molecule has 2 nitrogen and oxygen atoms in total. The lowest BCUT2D eigenvalue weighted by atomic mass is 9.93. The Labute approximate surface area is 82.0 Å². The van der Waals surface area contributed by atoms with Gasteiger partial charge in [0.15, 0.2) is 0 Å². The maximum absolute atomic E-state index is 9.71. The molecular formula is C11H24O2. The number of hydrogen-bond acceptors (Lipinski definition) is 2. The number of rotatable bonds is 8.